The van der Waals surface area contributed by atoms with E-state index >= 15 is 0 Å². The Balaban J connectivity index is 4.72. The molecule has 0 aromatic rings. The van der Waals surface area contributed by atoms with E-state index in [9.17, 15) is 9.13 Å². The summed E-state index contributed by atoms with van der Waals surface area (Å²) in [6.07, 6.45) is -0.883. The lowest BCUT2D eigenvalue weighted by Crippen LogP contribution is -2.36. The molecule has 0 heterocycles. The van der Waals surface area contributed by atoms with Gasteiger partial charge in [-0.05, 0) is 19.8 Å². The maximum absolute atomic E-state index is 10.8. The predicted octanol–water partition coefficient (Wildman–Crippen LogP) is -0.885. The Bertz CT molecular complexity index is 277. The van der Waals surface area contributed by atoms with Gasteiger partial charge in [0.25, 0.3) is 0 Å². The van der Waals surface area contributed by atoms with E-state index in [2.05, 4.69) is 0 Å². The van der Waals surface area contributed by atoms with Crippen LogP contribution in [0.25, 0.3) is 0 Å². The van der Waals surface area contributed by atoms with Crippen LogP contribution >= 0.6 is 15.2 Å². The average molecular weight is 263 g/mol. The van der Waals surface area contributed by atoms with Gasteiger partial charge < -0.3 is 30.4 Å². The Morgan fingerprint density at radius 3 is 1.73 bits per heavy atom. The molecule has 1 atom stereocenters. The van der Waals surface area contributed by atoms with E-state index in [-0.39, 0.29) is 6.42 Å². The molecule has 15 heavy (non-hydrogen) atoms. The number of hydrogen-bond acceptors (Lipinski definition) is 4. The van der Waals surface area contributed by atoms with Crippen molar-refractivity contribution in [1.29, 1.82) is 0 Å². The van der Waals surface area contributed by atoms with E-state index in [1.54, 1.807) is 0 Å². The van der Waals surface area contributed by atoms with Crippen LogP contribution in [0.2, 0.25) is 0 Å². The topological polar surface area (TPSA) is 161 Å². The fraction of sp³-hybridized carbons (Fsp3) is 1.00. The molecular weight excluding hydrogens is 248 g/mol. The Labute approximate surface area is 86.4 Å². The van der Waals surface area contributed by atoms with Gasteiger partial charge >= 0.3 is 15.2 Å². The van der Waals surface area contributed by atoms with E-state index in [0.29, 0.717) is 0 Å². The molecule has 0 radical (unpaired) electrons. The predicted molar refractivity (Wildman–Crippen MR) is 51.9 cm³/mol. The molecule has 1 unspecified atom stereocenters. The van der Waals surface area contributed by atoms with E-state index < -0.39 is 32.7 Å². The summed E-state index contributed by atoms with van der Waals surface area (Å²) in [4.78, 5) is 34.8. The zero-order valence-electron chi connectivity index (χ0n) is 8.02. The molecule has 0 rings (SSSR count). The molecule has 0 saturated carbocycles. The number of nitrogens with two attached hydrogens (primary N) is 1. The van der Waals surface area contributed by atoms with Crippen LogP contribution in [-0.2, 0) is 9.13 Å². The molecule has 0 spiro atoms. The highest BCUT2D eigenvalue weighted by molar-refractivity contribution is 7.70. The summed E-state index contributed by atoms with van der Waals surface area (Å²) in [5, 5.41) is 6.96. The van der Waals surface area contributed by atoms with Crippen molar-refractivity contribution in [3.8, 4) is 0 Å². The van der Waals surface area contributed by atoms with Crippen LogP contribution < -0.4 is 5.73 Å². The summed E-state index contributed by atoms with van der Waals surface area (Å²) in [7, 11) is -9.83. The minimum Gasteiger partial charge on any atom is -0.376 e. The third-order valence-corrected chi connectivity index (χ3v) is 5.56. The molecule has 7 N–H and O–H groups in total. The van der Waals surface area contributed by atoms with Gasteiger partial charge in [0.15, 0.2) is 5.40 Å². The zero-order valence-corrected chi connectivity index (χ0v) is 9.80. The molecule has 10 heteroatoms. The van der Waals surface area contributed by atoms with Crippen LogP contribution in [0, 0.1) is 0 Å². The quantitative estimate of drug-likeness (QED) is 0.275. The van der Waals surface area contributed by atoms with Gasteiger partial charge in [-0.25, -0.2) is 0 Å². The van der Waals surface area contributed by atoms with Gasteiger partial charge in [0.1, 0.15) is 5.72 Å². The second-order valence-electron chi connectivity index (χ2n) is 3.55. The standard InChI is InChI=1S/C5H15NO7P2/c1-5(6,7)3-2-4(14(8,9)10)15(11,12)13/h4,7H,2-3,6H2,1H3,(H2,8,9,10)(H2,11,12,13). The number of rotatable bonds is 5. The van der Waals surface area contributed by atoms with Gasteiger partial charge in [0.05, 0.1) is 0 Å². The van der Waals surface area contributed by atoms with Crippen molar-refractivity contribution < 1.29 is 33.8 Å². The molecule has 0 amide bonds. The van der Waals surface area contributed by atoms with E-state index in [1.807, 2.05) is 0 Å². The fourth-order valence-corrected chi connectivity index (χ4v) is 3.45. The summed E-state index contributed by atoms with van der Waals surface area (Å²) < 4.78 is 21.5. The van der Waals surface area contributed by atoms with Gasteiger partial charge in [-0.15, -0.1) is 0 Å². The first kappa shape index (κ1) is 15.2. The zero-order chi connectivity index (χ0) is 12.5. The Hall–Kier alpha value is 0.220. The van der Waals surface area contributed by atoms with Gasteiger partial charge in [-0.3, -0.25) is 9.13 Å². The van der Waals surface area contributed by atoms with Gasteiger partial charge in [-0.2, -0.15) is 0 Å². The van der Waals surface area contributed by atoms with Gasteiger partial charge in [-0.1, -0.05) is 0 Å². The number of hydrogen-bond donors (Lipinski definition) is 6. The van der Waals surface area contributed by atoms with Crippen LogP contribution in [0.5, 0.6) is 0 Å². The maximum atomic E-state index is 10.8. The minimum atomic E-state index is -4.91. The first-order valence-corrected chi connectivity index (χ1v) is 7.32. The lowest BCUT2D eigenvalue weighted by molar-refractivity contribution is 0.0561. The van der Waals surface area contributed by atoms with Crippen molar-refractivity contribution in [3.63, 3.8) is 0 Å². The molecular formula is C5H15NO7P2. The normalized spacial score (nSPS) is 17.9. The third-order valence-electron chi connectivity index (χ3n) is 1.69. The maximum Gasteiger partial charge on any atom is 0.340 e. The summed E-state index contributed by atoms with van der Waals surface area (Å²) in [5.41, 5.74) is 3.40. The monoisotopic (exact) mass is 263 g/mol. The lowest BCUT2D eigenvalue weighted by Gasteiger charge is -2.23. The van der Waals surface area contributed by atoms with Crippen molar-refractivity contribution in [3.05, 3.63) is 0 Å². The summed E-state index contributed by atoms with van der Waals surface area (Å²) >= 11 is 0. The highest BCUT2D eigenvalue weighted by Gasteiger charge is 2.43. The van der Waals surface area contributed by atoms with E-state index in [4.69, 9.17) is 30.4 Å². The minimum absolute atomic E-state index is 0.326. The van der Waals surface area contributed by atoms with Crippen molar-refractivity contribution in [1.82, 2.24) is 0 Å². The average Bonchev–Trinajstić information content (AvgIpc) is 1.75. The molecule has 8 nitrogen and oxygen atoms in total. The molecule has 0 bridgehead atoms. The first-order valence-electron chi connectivity index (χ1n) is 3.96. The van der Waals surface area contributed by atoms with Crippen molar-refractivity contribution in [2.24, 2.45) is 5.73 Å². The molecule has 0 aromatic heterocycles. The Morgan fingerprint density at radius 1 is 1.20 bits per heavy atom. The van der Waals surface area contributed by atoms with E-state index in [1.165, 1.54) is 6.92 Å². The van der Waals surface area contributed by atoms with Crippen LogP contribution in [0.15, 0.2) is 0 Å². The highest BCUT2D eigenvalue weighted by atomic mass is 31.2. The van der Waals surface area contributed by atoms with Crippen molar-refractivity contribution >= 4 is 15.2 Å². The van der Waals surface area contributed by atoms with E-state index in [0.717, 1.165) is 0 Å². The van der Waals surface area contributed by atoms with Crippen LogP contribution in [-0.4, -0.2) is 35.8 Å². The molecule has 0 aromatic carbocycles. The van der Waals surface area contributed by atoms with Crippen LogP contribution in [0.3, 0.4) is 0 Å². The Morgan fingerprint density at radius 2 is 1.53 bits per heavy atom. The third kappa shape index (κ3) is 6.40. The SMILES string of the molecule is CC(N)(O)CCC(P(=O)(O)O)P(=O)(O)O. The second-order valence-corrected chi connectivity index (χ2v) is 7.57. The molecule has 0 fully saturated rings. The molecule has 0 aliphatic rings. The molecule has 92 valence electrons. The summed E-state index contributed by atoms with van der Waals surface area (Å²) in [6.45, 7) is 1.17. The number of aliphatic hydroxyl groups is 1. The Kier molecular flexibility index (Phi) is 4.68. The van der Waals surface area contributed by atoms with Crippen LogP contribution in [0.4, 0.5) is 0 Å². The largest absolute Gasteiger partial charge is 0.376 e. The lowest BCUT2D eigenvalue weighted by atomic mass is 10.1. The van der Waals surface area contributed by atoms with Crippen molar-refractivity contribution in [2.75, 3.05) is 0 Å². The summed E-state index contributed by atoms with van der Waals surface area (Å²) in [6, 6.07) is 0. The molecule has 0 aliphatic carbocycles. The molecule has 0 aliphatic heterocycles. The van der Waals surface area contributed by atoms with Gasteiger partial charge in [0, 0.05) is 0 Å². The fourth-order valence-electron chi connectivity index (χ4n) is 0.954. The highest BCUT2D eigenvalue weighted by Crippen LogP contribution is 2.61. The summed E-state index contributed by atoms with van der Waals surface area (Å²) in [5.74, 6) is 0. The van der Waals surface area contributed by atoms with Gasteiger partial charge in [0.2, 0.25) is 0 Å². The van der Waals surface area contributed by atoms with Crippen LogP contribution in [0.1, 0.15) is 19.8 Å². The van der Waals surface area contributed by atoms with Crippen molar-refractivity contribution in [2.45, 2.75) is 30.9 Å². The molecule has 0 saturated heterocycles. The smallest absolute Gasteiger partial charge is 0.340 e. The first-order chi connectivity index (χ1) is 6.34. The second kappa shape index (κ2) is 4.61.